The summed E-state index contributed by atoms with van der Waals surface area (Å²) in [5.74, 6) is 3.86. The summed E-state index contributed by atoms with van der Waals surface area (Å²) < 4.78 is 16.5. The minimum absolute atomic E-state index is 0.122. The second-order valence-corrected chi connectivity index (χ2v) is 14.8. The Hall–Kier alpha value is -5.83. The molecule has 0 unspecified atom stereocenters. The normalized spacial score (nSPS) is 15.7. The summed E-state index contributed by atoms with van der Waals surface area (Å²) in [6.07, 6.45) is 4.83. The number of β-amino-alcohol motifs (C(OH)–C–C–N with tert-alkyl or cyclic N) is 1. The van der Waals surface area contributed by atoms with Crippen molar-refractivity contribution in [2.75, 3.05) is 101 Å². The highest BCUT2D eigenvalue weighted by Crippen LogP contribution is 2.39. The van der Waals surface area contributed by atoms with E-state index < -0.39 is 0 Å². The smallest absolute Gasteiger partial charge is 0.228 e. The molecule has 0 bridgehead atoms. The number of rotatable bonds is 14. The molecule has 58 heavy (non-hydrogen) atoms. The van der Waals surface area contributed by atoms with Gasteiger partial charge in [0, 0.05) is 94.7 Å². The summed E-state index contributed by atoms with van der Waals surface area (Å²) in [5.41, 5.74) is 6.87. The van der Waals surface area contributed by atoms with Gasteiger partial charge in [0.05, 0.1) is 46.2 Å². The number of carbonyl (C=O) groups excluding carboxylic acids is 1. The van der Waals surface area contributed by atoms with Crippen molar-refractivity contribution in [2.24, 2.45) is 0 Å². The first-order valence-electron chi connectivity index (χ1n) is 20.0. The van der Waals surface area contributed by atoms with Gasteiger partial charge < -0.3 is 38.9 Å². The fraction of sp³-hybridized carbons (Fsp3) is 0.386. The largest absolute Gasteiger partial charge is 0.497 e. The van der Waals surface area contributed by atoms with Gasteiger partial charge in [-0.25, -0.2) is 15.0 Å². The summed E-state index contributed by atoms with van der Waals surface area (Å²) in [6, 6.07) is 24.4. The fourth-order valence-electron chi connectivity index (χ4n) is 7.83. The number of hydrogen-bond acceptors (Lipinski definition) is 13. The molecule has 8 rings (SSSR count). The number of benzene rings is 3. The van der Waals surface area contributed by atoms with Gasteiger partial charge in [0.25, 0.3) is 0 Å². The number of aliphatic hydroxyl groups is 1. The van der Waals surface area contributed by atoms with Gasteiger partial charge in [0.15, 0.2) is 0 Å². The van der Waals surface area contributed by atoms with E-state index in [2.05, 4.69) is 56.0 Å². The van der Waals surface area contributed by atoms with Crippen LogP contribution in [-0.4, -0.2) is 127 Å². The number of aromatic nitrogens is 4. The summed E-state index contributed by atoms with van der Waals surface area (Å²) in [6.45, 7) is 8.25. The average Bonchev–Trinajstić information content (AvgIpc) is 3.71. The maximum atomic E-state index is 13.4. The van der Waals surface area contributed by atoms with Crippen LogP contribution in [-0.2, 0) is 35.5 Å². The van der Waals surface area contributed by atoms with Crippen LogP contribution < -0.4 is 24.2 Å². The number of morpholine rings is 1. The molecule has 0 radical (unpaired) electrons. The van der Waals surface area contributed by atoms with E-state index in [-0.39, 0.29) is 12.5 Å². The molecule has 0 spiro atoms. The Morgan fingerprint density at radius 2 is 1.45 bits per heavy atom. The van der Waals surface area contributed by atoms with Gasteiger partial charge in [-0.3, -0.25) is 9.69 Å². The monoisotopic (exact) mass is 785 g/mol. The zero-order valence-corrected chi connectivity index (χ0v) is 33.3. The van der Waals surface area contributed by atoms with Crippen molar-refractivity contribution < 1.29 is 24.1 Å². The van der Waals surface area contributed by atoms with Crippen LogP contribution in [0, 0.1) is 0 Å². The van der Waals surface area contributed by atoms with Crippen molar-refractivity contribution in [3.8, 4) is 22.8 Å². The lowest BCUT2D eigenvalue weighted by atomic mass is 10.1. The summed E-state index contributed by atoms with van der Waals surface area (Å²) in [7, 11) is 3.34. The quantitative estimate of drug-likeness (QED) is 0.171. The first-order valence-corrected chi connectivity index (χ1v) is 20.0. The fourth-order valence-corrected chi connectivity index (χ4v) is 7.83. The van der Waals surface area contributed by atoms with Crippen molar-refractivity contribution in [1.82, 2.24) is 29.7 Å². The topological polar surface area (TPSA) is 133 Å². The average molecular weight is 786 g/mol. The molecule has 0 saturated carbocycles. The molecule has 3 aromatic carbocycles. The van der Waals surface area contributed by atoms with Crippen LogP contribution in [0.3, 0.4) is 0 Å². The molecule has 5 heterocycles. The van der Waals surface area contributed by atoms with E-state index in [9.17, 15) is 9.90 Å². The Morgan fingerprint density at radius 1 is 0.793 bits per heavy atom. The number of aliphatic hydroxyl groups excluding tert-OH is 1. The third-order valence-corrected chi connectivity index (χ3v) is 11.1. The summed E-state index contributed by atoms with van der Waals surface area (Å²) in [4.78, 5) is 44.4. The molecule has 2 saturated heterocycles. The van der Waals surface area contributed by atoms with Gasteiger partial charge in [0.1, 0.15) is 17.3 Å². The molecule has 2 aromatic heterocycles. The van der Waals surface area contributed by atoms with Crippen molar-refractivity contribution >= 4 is 29.3 Å². The van der Waals surface area contributed by atoms with Crippen LogP contribution in [0.1, 0.15) is 22.3 Å². The van der Waals surface area contributed by atoms with Crippen LogP contribution in [0.15, 0.2) is 85.2 Å². The van der Waals surface area contributed by atoms with Crippen molar-refractivity contribution in [1.29, 1.82) is 0 Å². The van der Waals surface area contributed by atoms with E-state index >= 15 is 0 Å². The Balaban J connectivity index is 1.07. The number of fused-ring (bicyclic) bond motifs is 1. The van der Waals surface area contributed by atoms with Gasteiger partial charge in [-0.2, -0.15) is 4.98 Å². The van der Waals surface area contributed by atoms with Crippen LogP contribution >= 0.6 is 0 Å². The number of nitrogens with zero attached hydrogens (tertiary/aromatic N) is 9. The Labute approximate surface area is 339 Å². The molecule has 2 fully saturated rings. The highest BCUT2D eigenvalue weighted by Gasteiger charge is 2.30. The number of piperazine rings is 1. The summed E-state index contributed by atoms with van der Waals surface area (Å²) >= 11 is 0. The highest BCUT2D eigenvalue weighted by atomic mass is 16.5. The molecule has 3 aliphatic rings. The highest BCUT2D eigenvalue weighted by molar-refractivity contribution is 5.80. The van der Waals surface area contributed by atoms with Crippen molar-refractivity contribution in [3.63, 3.8) is 0 Å². The molecule has 1 amide bonds. The molecule has 3 aliphatic heterocycles. The molecular weight excluding hydrogens is 735 g/mol. The molecule has 14 heteroatoms. The number of carbonyl (C=O) groups is 1. The van der Waals surface area contributed by atoms with Crippen LogP contribution in [0.25, 0.3) is 11.3 Å². The first-order chi connectivity index (χ1) is 28.5. The van der Waals surface area contributed by atoms with E-state index in [1.54, 1.807) is 14.2 Å². The second kappa shape index (κ2) is 18.2. The number of amides is 1. The van der Waals surface area contributed by atoms with E-state index in [0.717, 1.165) is 82.6 Å². The number of anilines is 4. The first kappa shape index (κ1) is 39.0. The minimum Gasteiger partial charge on any atom is -0.497 e. The molecule has 5 aromatic rings. The summed E-state index contributed by atoms with van der Waals surface area (Å²) in [5, 5.41) is 9.30. The maximum Gasteiger partial charge on any atom is 0.228 e. The molecule has 0 aliphatic carbocycles. The van der Waals surface area contributed by atoms with Gasteiger partial charge in [-0.1, -0.05) is 36.4 Å². The van der Waals surface area contributed by atoms with E-state index in [4.69, 9.17) is 34.1 Å². The zero-order valence-electron chi connectivity index (χ0n) is 33.3. The predicted molar refractivity (Wildman–Crippen MR) is 223 cm³/mol. The lowest BCUT2D eigenvalue weighted by Gasteiger charge is -2.34. The van der Waals surface area contributed by atoms with Gasteiger partial charge in [-0.15, -0.1) is 0 Å². The lowest BCUT2D eigenvalue weighted by molar-refractivity contribution is -0.132. The Morgan fingerprint density at radius 3 is 2.07 bits per heavy atom. The number of methoxy groups -OCH3 is 2. The molecule has 1 N–H and O–H groups in total. The van der Waals surface area contributed by atoms with E-state index in [0.29, 0.717) is 77.3 Å². The van der Waals surface area contributed by atoms with Crippen LogP contribution in [0.5, 0.6) is 11.5 Å². The number of hydrogen-bond donors (Lipinski definition) is 1. The maximum absolute atomic E-state index is 13.4. The predicted octanol–water partition coefficient (Wildman–Crippen LogP) is 4.37. The van der Waals surface area contributed by atoms with Gasteiger partial charge in [0.2, 0.25) is 17.8 Å². The standard InChI is InChI=1S/C44H51N9O5/c1-56-37-10-6-32(7-11-37)30-52(31-33-8-12-38(57-2)13-9-33)43-45-28-35(29-46-43)41-39-14-15-53(42(39)48-44(47-41)51-21-24-58-25-22-51)36-5-3-4-34(26-36)27-40(55)50-18-16-49(17-19-50)20-23-54/h3-13,26,28-29,54H,14-25,27,30-31H2,1-2H3. The second-order valence-electron chi connectivity index (χ2n) is 14.8. The van der Waals surface area contributed by atoms with Gasteiger partial charge >= 0.3 is 0 Å². The third kappa shape index (κ3) is 8.99. The lowest BCUT2D eigenvalue weighted by Crippen LogP contribution is -2.49. The number of ether oxygens (including phenoxy) is 3. The molecule has 0 atom stereocenters. The van der Waals surface area contributed by atoms with Crippen molar-refractivity contribution in [3.05, 3.63) is 107 Å². The van der Waals surface area contributed by atoms with Crippen LogP contribution in [0.2, 0.25) is 0 Å². The third-order valence-electron chi connectivity index (χ3n) is 11.1. The van der Waals surface area contributed by atoms with E-state index in [1.165, 1.54) is 0 Å². The zero-order chi connectivity index (χ0) is 39.8. The SMILES string of the molecule is COc1ccc(CN(Cc2ccc(OC)cc2)c2ncc(-c3nc(N4CCOCC4)nc4c3CCN4c3cccc(CC(=O)N4CCN(CCO)CC4)c3)cn2)cc1. The van der Waals surface area contributed by atoms with Gasteiger partial charge in [-0.05, 0) is 59.5 Å². The van der Waals surface area contributed by atoms with Crippen molar-refractivity contribution in [2.45, 2.75) is 25.9 Å². The molecule has 302 valence electrons. The molecule has 14 nitrogen and oxygen atoms in total. The Kier molecular flexibility index (Phi) is 12.2. The minimum atomic E-state index is 0.122. The van der Waals surface area contributed by atoms with Crippen LogP contribution in [0.4, 0.5) is 23.4 Å². The Bertz CT molecular complexity index is 2090. The molecular formula is C44H51N9O5. The van der Waals surface area contributed by atoms with E-state index in [1.807, 2.05) is 53.7 Å².